The van der Waals surface area contributed by atoms with Crippen LogP contribution in [0.4, 0.5) is 0 Å². The van der Waals surface area contributed by atoms with Crippen LogP contribution in [0.25, 0.3) is 0 Å². The molecule has 0 saturated carbocycles. The summed E-state index contributed by atoms with van der Waals surface area (Å²) in [5.41, 5.74) is 3.10. The number of hydrogen-bond donors (Lipinski definition) is 1. The second-order valence-electron chi connectivity index (χ2n) is 5.95. The minimum atomic E-state index is -0.599. The van der Waals surface area contributed by atoms with Gasteiger partial charge < -0.3 is 9.47 Å². The second kappa shape index (κ2) is 10.6. The van der Waals surface area contributed by atoms with Gasteiger partial charge in [0.25, 0.3) is 5.91 Å². The van der Waals surface area contributed by atoms with Gasteiger partial charge >= 0.3 is 5.97 Å². The zero-order valence-electron chi connectivity index (χ0n) is 15.5. The van der Waals surface area contributed by atoms with Crippen LogP contribution in [0.15, 0.2) is 82.4 Å². The fourth-order valence-corrected chi connectivity index (χ4v) is 2.96. The van der Waals surface area contributed by atoms with Crippen LogP contribution in [-0.4, -0.2) is 24.7 Å². The molecule has 3 rings (SSSR count). The SMILES string of the molecule is O=C(COc1ccccc1)NN=Cc1cc(Br)ccc1OC(=O)c1ccccc1Cl. The molecule has 0 fully saturated rings. The number of nitrogens with zero attached hydrogens (tertiary/aromatic N) is 1. The highest BCUT2D eigenvalue weighted by atomic mass is 79.9. The number of hydrogen-bond acceptors (Lipinski definition) is 5. The van der Waals surface area contributed by atoms with E-state index >= 15 is 0 Å². The molecule has 8 heteroatoms. The first-order valence-corrected chi connectivity index (χ1v) is 9.96. The summed E-state index contributed by atoms with van der Waals surface area (Å²) in [7, 11) is 0. The number of carbonyl (C=O) groups excluding carboxylic acids is 2. The van der Waals surface area contributed by atoms with E-state index < -0.39 is 11.9 Å². The van der Waals surface area contributed by atoms with Crippen molar-refractivity contribution in [2.24, 2.45) is 5.10 Å². The molecule has 0 aliphatic carbocycles. The predicted octanol–water partition coefficient (Wildman–Crippen LogP) is 4.85. The highest BCUT2D eigenvalue weighted by molar-refractivity contribution is 9.10. The van der Waals surface area contributed by atoms with E-state index in [1.807, 2.05) is 18.2 Å². The Morgan fingerprint density at radius 2 is 1.77 bits per heavy atom. The molecule has 0 heterocycles. The van der Waals surface area contributed by atoms with Crippen LogP contribution in [0.3, 0.4) is 0 Å². The molecule has 0 bridgehead atoms. The van der Waals surface area contributed by atoms with E-state index in [2.05, 4.69) is 26.5 Å². The van der Waals surface area contributed by atoms with Gasteiger partial charge in [-0.3, -0.25) is 4.79 Å². The molecule has 1 N–H and O–H groups in total. The molecule has 30 heavy (non-hydrogen) atoms. The quantitative estimate of drug-likeness (QED) is 0.224. The Bertz CT molecular complexity index is 1070. The molecule has 0 aliphatic heterocycles. The lowest BCUT2D eigenvalue weighted by molar-refractivity contribution is -0.123. The van der Waals surface area contributed by atoms with Gasteiger partial charge in [-0.15, -0.1) is 0 Å². The first kappa shape index (κ1) is 21.5. The third kappa shape index (κ3) is 6.17. The van der Waals surface area contributed by atoms with E-state index in [1.54, 1.807) is 54.6 Å². The number of amides is 1. The average molecular weight is 488 g/mol. The Morgan fingerprint density at radius 3 is 2.53 bits per heavy atom. The molecule has 6 nitrogen and oxygen atoms in total. The van der Waals surface area contributed by atoms with Crippen LogP contribution in [0, 0.1) is 0 Å². The fourth-order valence-electron chi connectivity index (χ4n) is 2.37. The Hall–Kier alpha value is -3.16. The summed E-state index contributed by atoms with van der Waals surface area (Å²) in [6.45, 7) is -0.186. The summed E-state index contributed by atoms with van der Waals surface area (Å²) in [5, 5.41) is 4.20. The second-order valence-corrected chi connectivity index (χ2v) is 7.27. The maximum atomic E-state index is 12.4. The molecule has 0 aliphatic rings. The zero-order valence-corrected chi connectivity index (χ0v) is 17.9. The number of hydrazone groups is 1. The van der Waals surface area contributed by atoms with Crippen molar-refractivity contribution in [1.82, 2.24) is 5.43 Å². The average Bonchev–Trinajstić information content (AvgIpc) is 2.75. The summed E-state index contributed by atoms with van der Waals surface area (Å²) in [5.74, 6) is -0.184. The van der Waals surface area contributed by atoms with Gasteiger partial charge in [0.05, 0.1) is 16.8 Å². The van der Waals surface area contributed by atoms with Gasteiger partial charge in [0.15, 0.2) is 6.61 Å². The molecule has 0 aromatic heterocycles. The molecule has 152 valence electrons. The van der Waals surface area contributed by atoms with Gasteiger partial charge in [-0.25, -0.2) is 10.2 Å². The van der Waals surface area contributed by atoms with Crippen molar-refractivity contribution in [1.29, 1.82) is 0 Å². The maximum Gasteiger partial charge on any atom is 0.345 e. The molecular weight excluding hydrogens is 472 g/mol. The molecule has 0 radical (unpaired) electrons. The summed E-state index contributed by atoms with van der Waals surface area (Å²) in [4.78, 5) is 24.3. The van der Waals surface area contributed by atoms with Crippen molar-refractivity contribution < 1.29 is 19.1 Å². The van der Waals surface area contributed by atoms with Crippen LogP contribution in [0.1, 0.15) is 15.9 Å². The number of rotatable bonds is 7. The third-order valence-corrected chi connectivity index (χ3v) is 4.60. The number of halogens is 2. The minimum Gasteiger partial charge on any atom is -0.484 e. The van der Waals surface area contributed by atoms with E-state index in [0.717, 1.165) is 4.47 Å². The molecule has 0 spiro atoms. The van der Waals surface area contributed by atoms with Crippen molar-refractivity contribution >= 4 is 45.6 Å². The van der Waals surface area contributed by atoms with Crippen molar-refractivity contribution in [3.63, 3.8) is 0 Å². The molecule has 3 aromatic carbocycles. The van der Waals surface area contributed by atoms with Crippen LogP contribution in [0.2, 0.25) is 5.02 Å². The predicted molar refractivity (Wildman–Crippen MR) is 118 cm³/mol. The van der Waals surface area contributed by atoms with Crippen molar-refractivity contribution in [2.75, 3.05) is 6.61 Å². The number of esters is 1. The third-order valence-electron chi connectivity index (χ3n) is 3.77. The highest BCUT2D eigenvalue weighted by Gasteiger charge is 2.14. The molecule has 3 aromatic rings. The number of benzene rings is 3. The van der Waals surface area contributed by atoms with E-state index in [1.165, 1.54) is 6.21 Å². The van der Waals surface area contributed by atoms with E-state index in [9.17, 15) is 9.59 Å². The van der Waals surface area contributed by atoms with Gasteiger partial charge in [-0.1, -0.05) is 57.9 Å². The van der Waals surface area contributed by atoms with Gasteiger partial charge in [-0.05, 0) is 42.5 Å². The maximum absolute atomic E-state index is 12.4. The number of ether oxygens (including phenoxy) is 2. The Morgan fingerprint density at radius 1 is 1.03 bits per heavy atom. The van der Waals surface area contributed by atoms with Crippen molar-refractivity contribution in [3.8, 4) is 11.5 Å². The smallest absolute Gasteiger partial charge is 0.345 e. The summed E-state index contributed by atoms with van der Waals surface area (Å²) >= 11 is 9.41. The first-order chi connectivity index (χ1) is 14.5. The van der Waals surface area contributed by atoms with E-state index in [4.69, 9.17) is 21.1 Å². The summed E-state index contributed by atoms with van der Waals surface area (Å²) in [6.07, 6.45) is 1.38. The lowest BCUT2D eigenvalue weighted by Crippen LogP contribution is -2.24. The molecular formula is C22H16BrClN2O4. The minimum absolute atomic E-state index is 0.186. The largest absolute Gasteiger partial charge is 0.484 e. The lowest BCUT2D eigenvalue weighted by Gasteiger charge is -2.09. The zero-order chi connectivity index (χ0) is 21.3. The Kier molecular flexibility index (Phi) is 7.59. The van der Waals surface area contributed by atoms with E-state index in [-0.39, 0.29) is 17.9 Å². The van der Waals surface area contributed by atoms with Crippen LogP contribution in [0.5, 0.6) is 11.5 Å². The van der Waals surface area contributed by atoms with Crippen LogP contribution < -0.4 is 14.9 Å². The fraction of sp³-hybridized carbons (Fsp3) is 0.0455. The lowest BCUT2D eigenvalue weighted by atomic mass is 10.2. The van der Waals surface area contributed by atoms with Crippen molar-refractivity contribution in [2.45, 2.75) is 0 Å². The molecule has 0 atom stereocenters. The summed E-state index contributed by atoms with van der Waals surface area (Å²) < 4.78 is 11.6. The first-order valence-electron chi connectivity index (χ1n) is 8.79. The highest BCUT2D eigenvalue weighted by Crippen LogP contribution is 2.24. The summed E-state index contributed by atoms with van der Waals surface area (Å²) in [6, 6.07) is 20.6. The van der Waals surface area contributed by atoms with Gasteiger partial charge in [-0.2, -0.15) is 5.10 Å². The van der Waals surface area contributed by atoms with Gasteiger partial charge in [0.1, 0.15) is 11.5 Å². The molecule has 1 amide bonds. The standard InChI is InChI=1S/C22H16BrClN2O4/c23-16-10-11-20(30-22(28)18-8-4-5-9-19(18)24)15(12-16)13-25-26-21(27)14-29-17-6-2-1-3-7-17/h1-13H,14H2,(H,26,27). The van der Waals surface area contributed by atoms with E-state index in [0.29, 0.717) is 16.3 Å². The Balaban J connectivity index is 1.64. The van der Waals surface area contributed by atoms with Crippen molar-refractivity contribution in [3.05, 3.63) is 93.4 Å². The Labute approximate surface area is 186 Å². The van der Waals surface area contributed by atoms with Gasteiger partial charge in [0, 0.05) is 10.0 Å². The number of carbonyl (C=O) groups is 2. The normalized spacial score (nSPS) is 10.6. The monoisotopic (exact) mass is 486 g/mol. The number of nitrogens with one attached hydrogen (secondary N) is 1. The van der Waals surface area contributed by atoms with Gasteiger partial charge in [0.2, 0.25) is 0 Å². The molecule has 0 unspecified atom stereocenters. The van der Waals surface area contributed by atoms with Crippen LogP contribution >= 0.6 is 27.5 Å². The number of para-hydroxylation sites is 1. The molecule has 0 saturated heterocycles. The topological polar surface area (TPSA) is 77.0 Å². The van der Waals surface area contributed by atoms with Crippen LogP contribution in [-0.2, 0) is 4.79 Å².